The van der Waals surface area contributed by atoms with Crippen molar-refractivity contribution >= 4 is 27.7 Å². The molecule has 0 aliphatic carbocycles. The Bertz CT molecular complexity index is 439. The second kappa shape index (κ2) is 6.42. The van der Waals surface area contributed by atoms with E-state index in [0.717, 1.165) is 24.1 Å². The molecule has 0 aromatic carbocycles. The molecule has 1 spiro atoms. The van der Waals surface area contributed by atoms with E-state index < -0.39 is 0 Å². The van der Waals surface area contributed by atoms with Crippen LogP contribution in [0.5, 0.6) is 0 Å². The smallest absolute Gasteiger partial charge is 0.173 e. The minimum Gasteiger partial charge on any atom is -0.457 e. The Morgan fingerprint density at radius 2 is 2.25 bits per heavy atom. The number of hydrogen-bond acceptors (Lipinski definition) is 4. The number of hydrogen-bond donors (Lipinski definition) is 1. The van der Waals surface area contributed by atoms with E-state index in [4.69, 9.17) is 9.15 Å². The monoisotopic (exact) mass is 359 g/mol. The molecule has 1 aromatic heterocycles. The van der Waals surface area contributed by atoms with Crippen molar-refractivity contribution in [1.82, 2.24) is 5.32 Å². The zero-order chi connectivity index (χ0) is 14.0. The van der Waals surface area contributed by atoms with Crippen LogP contribution in [0.25, 0.3) is 0 Å². The van der Waals surface area contributed by atoms with Gasteiger partial charge in [-0.25, -0.2) is 0 Å². The maximum atomic E-state index is 6.20. The fourth-order valence-corrected chi connectivity index (χ4v) is 5.34. The largest absolute Gasteiger partial charge is 0.457 e. The molecule has 3 nitrogen and oxygen atoms in total. The van der Waals surface area contributed by atoms with Crippen LogP contribution in [0.4, 0.5) is 0 Å². The van der Waals surface area contributed by atoms with Crippen molar-refractivity contribution in [3.05, 3.63) is 22.6 Å². The molecule has 5 heteroatoms. The molecule has 1 aromatic rings. The summed E-state index contributed by atoms with van der Waals surface area (Å²) in [6, 6.07) is 2.42. The highest BCUT2D eigenvalue weighted by atomic mass is 79.9. The summed E-state index contributed by atoms with van der Waals surface area (Å²) >= 11 is 5.58. The van der Waals surface area contributed by atoms with Gasteiger partial charge in [-0.15, -0.1) is 0 Å². The topological polar surface area (TPSA) is 34.4 Å². The van der Waals surface area contributed by atoms with E-state index in [2.05, 4.69) is 39.1 Å². The van der Waals surface area contributed by atoms with E-state index in [1.165, 1.54) is 29.9 Å². The van der Waals surface area contributed by atoms with Gasteiger partial charge in [-0.3, -0.25) is 0 Å². The molecule has 0 radical (unpaired) electrons. The van der Waals surface area contributed by atoms with Crippen molar-refractivity contribution in [2.75, 3.05) is 25.2 Å². The summed E-state index contributed by atoms with van der Waals surface area (Å²) in [4.78, 5) is 0. The van der Waals surface area contributed by atoms with E-state index in [0.29, 0.717) is 12.0 Å². The highest BCUT2D eigenvalue weighted by Crippen LogP contribution is 2.44. The maximum absolute atomic E-state index is 6.20. The first-order chi connectivity index (χ1) is 9.74. The fourth-order valence-electron chi connectivity index (χ4n) is 3.61. The van der Waals surface area contributed by atoms with Gasteiger partial charge in [-0.1, -0.05) is 0 Å². The normalized spacial score (nSPS) is 27.6. The number of rotatable bonds is 3. The minimum absolute atomic E-state index is 0.138. The molecule has 3 rings (SSSR count). The highest BCUT2D eigenvalue weighted by Gasteiger charge is 2.41. The summed E-state index contributed by atoms with van der Waals surface area (Å²) in [5, 5.41) is 3.49. The lowest BCUT2D eigenvalue weighted by atomic mass is 9.77. The molecule has 20 heavy (non-hydrogen) atoms. The van der Waals surface area contributed by atoms with E-state index in [-0.39, 0.29) is 5.60 Å². The Hall–Kier alpha value is 0.0300. The highest BCUT2D eigenvalue weighted by molar-refractivity contribution is 9.10. The van der Waals surface area contributed by atoms with Crippen LogP contribution in [0.3, 0.4) is 0 Å². The first-order valence-corrected chi connectivity index (χ1v) is 9.31. The molecule has 3 heterocycles. The predicted octanol–water partition coefficient (Wildman–Crippen LogP) is 4.00. The Labute approximate surface area is 133 Å². The van der Waals surface area contributed by atoms with Crippen molar-refractivity contribution in [2.24, 2.45) is 5.92 Å². The second-order valence-corrected chi connectivity index (χ2v) is 7.76. The fraction of sp³-hybridized carbons (Fsp3) is 0.733. The predicted molar refractivity (Wildman–Crippen MR) is 86.2 cm³/mol. The molecule has 2 atom stereocenters. The van der Waals surface area contributed by atoms with Gasteiger partial charge in [0.25, 0.3) is 0 Å². The number of ether oxygens (including phenoxy) is 1. The average molecular weight is 360 g/mol. The molecule has 2 unspecified atom stereocenters. The second-order valence-electron chi connectivity index (χ2n) is 5.81. The van der Waals surface area contributed by atoms with Gasteiger partial charge in [-0.2, -0.15) is 11.8 Å². The van der Waals surface area contributed by atoms with Gasteiger partial charge in [0.1, 0.15) is 0 Å². The van der Waals surface area contributed by atoms with Crippen molar-refractivity contribution < 1.29 is 9.15 Å². The average Bonchev–Trinajstić information content (AvgIpc) is 2.87. The van der Waals surface area contributed by atoms with Gasteiger partial charge in [0.2, 0.25) is 0 Å². The van der Waals surface area contributed by atoms with Crippen LogP contribution >= 0.6 is 27.7 Å². The minimum atomic E-state index is 0.138. The molecule has 2 aliphatic rings. The standard InChI is InChI=1S/C15H22BrNO2S/c1-17-13(12-3-6-18-14(12)16)11-2-7-19-15(10-11)4-8-20-9-5-15/h3,6,11,13,17H,2,4-5,7-10H2,1H3. The van der Waals surface area contributed by atoms with Crippen LogP contribution in [-0.4, -0.2) is 30.8 Å². The molecular weight excluding hydrogens is 338 g/mol. The van der Waals surface area contributed by atoms with Crippen LogP contribution in [0.2, 0.25) is 0 Å². The van der Waals surface area contributed by atoms with Crippen LogP contribution in [0.15, 0.2) is 21.4 Å². The first-order valence-electron chi connectivity index (χ1n) is 7.36. The molecule has 0 saturated carbocycles. The molecular formula is C15H22BrNO2S. The summed E-state index contributed by atoms with van der Waals surface area (Å²) < 4.78 is 12.5. The molecule has 0 bridgehead atoms. The van der Waals surface area contributed by atoms with Gasteiger partial charge >= 0.3 is 0 Å². The number of thioether (sulfide) groups is 1. The van der Waals surface area contributed by atoms with Crippen LogP contribution in [0.1, 0.15) is 37.3 Å². The van der Waals surface area contributed by atoms with Crippen molar-refractivity contribution in [1.29, 1.82) is 0 Å². The molecule has 112 valence electrons. The Kier molecular flexibility index (Phi) is 4.80. The third-order valence-corrected chi connectivity index (χ3v) is 6.33. The zero-order valence-corrected chi connectivity index (χ0v) is 14.3. The third kappa shape index (κ3) is 2.96. The van der Waals surface area contributed by atoms with E-state index >= 15 is 0 Å². The Morgan fingerprint density at radius 3 is 2.90 bits per heavy atom. The van der Waals surface area contributed by atoms with Crippen LogP contribution in [0, 0.1) is 5.92 Å². The summed E-state index contributed by atoms with van der Waals surface area (Å²) in [7, 11) is 2.04. The molecule has 1 N–H and O–H groups in total. The quantitative estimate of drug-likeness (QED) is 0.884. The summed E-state index contributed by atoms with van der Waals surface area (Å²) in [6.45, 7) is 0.892. The third-order valence-electron chi connectivity index (χ3n) is 4.70. The van der Waals surface area contributed by atoms with Gasteiger partial charge in [0, 0.05) is 18.2 Å². The maximum Gasteiger partial charge on any atom is 0.173 e. The summed E-state index contributed by atoms with van der Waals surface area (Å²) in [5.74, 6) is 3.10. The van der Waals surface area contributed by atoms with Gasteiger partial charge in [0.15, 0.2) is 4.67 Å². The van der Waals surface area contributed by atoms with Crippen molar-refractivity contribution in [3.8, 4) is 0 Å². The zero-order valence-electron chi connectivity index (χ0n) is 11.9. The van der Waals surface area contributed by atoms with Gasteiger partial charge < -0.3 is 14.5 Å². The first kappa shape index (κ1) is 14.9. The SMILES string of the molecule is CNC(c1ccoc1Br)C1CCOC2(CCSCC2)C1. The van der Waals surface area contributed by atoms with E-state index in [1.807, 2.05) is 7.05 Å². The number of nitrogens with one attached hydrogen (secondary N) is 1. The van der Waals surface area contributed by atoms with Crippen molar-refractivity contribution in [2.45, 2.75) is 37.3 Å². The summed E-state index contributed by atoms with van der Waals surface area (Å²) in [6.07, 6.45) is 6.46. The Morgan fingerprint density at radius 1 is 1.45 bits per heavy atom. The van der Waals surface area contributed by atoms with Gasteiger partial charge in [-0.05, 0) is 72.2 Å². The lowest BCUT2D eigenvalue weighted by Crippen LogP contribution is -2.45. The lowest BCUT2D eigenvalue weighted by Gasteiger charge is -2.45. The molecule has 0 amide bonds. The number of furan rings is 1. The Balaban J connectivity index is 1.76. The van der Waals surface area contributed by atoms with Crippen LogP contribution in [-0.2, 0) is 4.74 Å². The van der Waals surface area contributed by atoms with Crippen LogP contribution < -0.4 is 5.32 Å². The van der Waals surface area contributed by atoms with E-state index in [9.17, 15) is 0 Å². The lowest BCUT2D eigenvalue weighted by molar-refractivity contribution is -0.107. The summed E-state index contributed by atoms with van der Waals surface area (Å²) in [5.41, 5.74) is 1.37. The molecule has 2 aliphatic heterocycles. The van der Waals surface area contributed by atoms with E-state index in [1.54, 1.807) is 6.26 Å². The molecule has 2 fully saturated rings. The van der Waals surface area contributed by atoms with Gasteiger partial charge in [0.05, 0.1) is 11.9 Å². The molecule has 2 saturated heterocycles. The van der Waals surface area contributed by atoms with Crippen molar-refractivity contribution in [3.63, 3.8) is 0 Å². The number of halogens is 1.